The van der Waals surface area contributed by atoms with E-state index in [-0.39, 0.29) is 12.1 Å². The summed E-state index contributed by atoms with van der Waals surface area (Å²) in [6.07, 6.45) is 3.83. The Bertz CT molecular complexity index is 1130. The summed E-state index contributed by atoms with van der Waals surface area (Å²) in [5.74, 6) is 1.11. The fourth-order valence-electron chi connectivity index (χ4n) is 3.33. The Hall–Kier alpha value is -3.58. The van der Waals surface area contributed by atoms with Crippen molar-refractivity contribution in [2.45, 2.75) is 45.0 Å². The van der Waals surface area contributed by atoms with E-state index in [9.17, 15) is 9.65 Å². The van der Waals surface area contributed by atoms with Crippen molar-refractivity contribution in [1.29, 1.82) is 5.26 Å². The smallest absolute Gasteiger partial charge is 0.230 e. The molecule has 0 aliphatic carbocycles. The minimum absolute atomic E-state index is 0.141. The van der Waals surface area contributed by atoms with Crippen molar-refractivity contribution in [2.24, 2.45) is 0 Å². The number of nitrogens with one attached hydrogen (secondary N) is 2. The number of nitrogens with zero attached hydrogens (tertiary/aromatic N) is 6. The first-order chi connectivity index (χ1) is 15.3. The fraction of sp³-hybridized carbons (Fsp3) is 0.409. The van der Waals surface area contributed by atoms with Crippen LogP contribution in [0.4, 0.5) is 16.0 Å². The number of hydrogen-bond donors (Lipinski definition) is 2. The number of benzene rings is 1. The third kappa shape index (κ3) is 4.84. The summed E-state index contributed by atoms with van der Waals surface area (Å²) in [6, 6.07) is 7.17. The van der Waals surface area contributed by atoms with E-state index in [0.29, 0.717) is 41.6 Å². The first-order valence-electron chi connectivity index (χ1n) is 10.4. The third-order valence-electron chi connectivity index (χ3n) is 5.08. The highest BCUT2D eigenvalue weighted by molar-refractivity contribution is 5.63. The molecule has 2 N–H and O–H groups in total. The summed E-state index contributed by atoms with van der Waals surface area (Å²) in [6.45, 7) is 7.11. The van der Waals surface area contributed by atoms with Crippen LogP contribution in [0.15, 0.2) is 36.9 Å². The molecule has 1 fully saturated rings. The van der Waals surface area contributed by atoms with Gasteiger partial charge in [-0.25, -0.2) is 14.4 Å². The van der Waals surface area contributed by atoms with Crippen LogP contribution in [0.3, 0.4) is 0 Å². The average Bonchev–Trinajstić information content (AvgIpc) is 3.25. The zero-order valence-corrected chi connectivity index (χ0v) is 18.2. The van der Waals surface area contributed by atoms with Crippen LogP contribution in [0, 0.1) is 11.3 Å². The van der Waals surface area contributed by atoms with Crippen molar-refractivity contribution < 1.29 is 9.13 Å². The van der Waals surface area contributed by atoms with Crippen molar-refractivity contribution in [3.05, 3.63) is 42.5 Å². The number of alkyl halides is 1. The molecular formula is C22H25FN8O. The van der Waals surface area contributed by atoms with E-state index in [1.165, 1.54) is 6.33 Å². The minimum Gasteiger partial charge on any atom is -0.486 e. The summed E-state index contributed by atoms with van der Waals surface area (Å²) in [7, 11) is 0. The second-order valence-electron chi connectivity index (χ2n) is 8.59. The molecule has 9 nitrogen and oxygen atoms in total. The Labute approximate surface area is 185 Å². The molecule has 2 aromatic heterocycles. The predicted molar refractivity (Wildman–Crippen MR) is 117 cm³/mol. The lowest BCUT2D eigenvalue weighted by Crippen LogP contribution is -2.44. The molecule has 0 radical (unpaired) electrons. The zero-order valence-electron chi connectivity index (χ0n) is 18.2. The number of rotatable bonds is 5. The van der Waals surface area contributed by atoms with Crippen LogP contribution < -0.4 is 15.4 Å². The highest BCUT2D eigenvalue weighted by Crippen LogP contribution is 2.27. The number of anilines is 2. The summed E-state index contributed by atoms with van der Waals surface area (Å²) in [5, 5.41) is 20.1. The van der Waals surface area contributed by atoms with Crippen molar-refractivity contribution in [1.82, 2.24) is 30.0 Å². The van der Waals surface area contributed by atoms with E-state index in [1.54, 1.807) is 24.4 Å². The Morgan fingerprint density at radius 1 is 1.31 bits per heavy atom. The van der Waals surface area contributed by atoms with Gasteiger partial charge in [-0.3, -0.25) is 4.68 Å². The van der Waals surface area contributed by atoms with Crippen LogP contribution >= 0.6 is 0 Å². The third-order valence-corrected chi connectivity index (χ3v) is 5.08. The largest absolute Gasteiger partial charge is 0.486 e. The monoisotopic (exact) mass is 436 g/mol. The second kappa shape index (κ2) is 8.88. The van der Waals surface area contributed by atoms with Crippen LogP contribution in [0.5, 0.6) is 5.75 Å². The van der Waals surface area contributed by atoms with Gasteiger partial charge in [0.2, 0.25) is 5.95 Å². The highest BCUT2D eigenvalue weighted by Gasteiger charge is 2.27. The van der Waals surface area contributed by atoms with Crippen LogP contribution in [0.1, 0.15) is 32.8 Å². The molecule has 0 bridgehead atoms. The van der Waals surface area contributed by atoms with Crippen molar-refractivity contribution in [3.63, 3.8) is 0 Å². The number of ether oxygens (including phenoxy) is 1. The maximum absolute atomic E-state index is 14.1. The summed E-state index contributed by atoms with van der Waals surface area (Å²) in [4.78, 5) is 12.9. The number of halogens is 1. The SMILES string of the molecule is CC(C)(C)n1cc(Nc2ncnc(-c3ccc(O[C@H]4CCNC[C@@H]4F)c(C#N)c3)n2)cn1. The van der Waals surface area contributed by atoms with Crippen LogP contribution in [0.25, 0.3) is 11.4 Å². The van der Waals surface area contributed by atoms with E-state index >= 15 is 0 Å². The Kier molecular flexibility index (Phi) is 6.01. The molecule has 4 rings (SSSR count). The predicted octanol–water partition coefficient (Wildman–Crippen LogP) is 3.18. The maximum Gasteiger partial charge on any atom is 0.230 e. The van der Waals surface area contributed by atoms with Gasteiger partial charge in [-0.05, 0) is 51.9 Å². The van der Waals surface area contributed by atoms with Crippen LogP contribution in [-0.4, -0.2) is 50.1 Å². The number of nitriles is 1. The molecule has 1 aliphatic heterocycles. The summed E-state index contributed by atoms with van der Waals surface area (Å²) < 4.78 is 21.7. The zero-order chi connectivity index (χ0) is 22.7. The van der Waals surface area contributed by atoms with E-state index < -0.39 is 12.3 Å². The quantitative estimate of drug-likeness (QED) is 0.627. The summed E-state index contributed by atoms with van der Waals surface area (Å²) in [5.41, 5.74) is 1.54. The summed E-state index contributed by atoms with van der Waals surface area (Å²) >= 11 is 0. The van der Waals surface area contributed by atoms with Gasteiger partial charge in [0.05, 0.1) is 23.0 Å². The lowest BCUT2D eigenvalue weighted by Gasteiger charge is -2.27. The molecule has 2 atom stereocenters. The van der Waals surface area contributed by atoms with Gasteiger partial charge in [0, 0.05) is 18.3 Å². The number of aromatic nitrogens is 5. The van der Waals surface area contributed by atoms with E-state index in [0.717, 1.165) is 5.69 Å². The van der Waals surface area contributed by atoms with Gasteiger partial charge in [-0.2, -0.15) is 15.3 Å². The molecule has 3 heterocycles. The van der Waals surface area contributed by atoms with Crippen molar-refractivity contribution >= 4 is 11.6 Å². The lowest BCUT2D eigenvalue weighted by atomic mass is 10.1. The van der Waals surface area contributed by atoms with Crippen LogP contribution in [0.2, 0.25) is 0 Å². The number of piperidine rings is 1. The van der Waals surface area contributed by atoms with Gasteiger partial charge in [-0.1, -0.05) is 0 Å². The molecule has 32 heavy (non-hydrogen) atoms. The molecule has 0 amide bonds. The standard InChI is InChI=1S/C22H25FN8O/c1-22(2,3)31-12-16(10-28-31)29-21-27-13-26-20(30-21)14-4-5-18(15(8-14)9-24)32-19-6-7-25-11-17(19)23/h4-5,8,10,12-13,17,19,25H,6-7,11H2,1-3H3,(H,26,27,29,30)/t17-,19-/m0/s1. The van der Waals surface area contributed by atoms with Crippen LogP contribution in [-0.2, 0) is 5.54 Å². The molecular weight excluding hydrogens is 411 g/mol. The Balaban J connectivity index is 1.53. The molecule has 1 saturated heterocycles. The first kappa shape index (κ1) is 21.6. The van der Waals surface area contributed by atoms with E-state index in [1.807, 2.05) is 10.9 Å². The molecule has 0 saturated carbocycles. The number of hydrogen-bond acceptors (Lipinski definition) is 8. The molecule has 1 aromatic carbocycles. The van der Waals surface area contributed by atoms with Crippen molar-refractivity contribution in [3.8, 4) is 23.2 Å². The molecule has 0 unspecified atom stereocenters. The van der Waals surface area contributed by atoms with Crippen molar-refractivity contribution in [2.75, 3.05) is 18.4 Å². The van der Waals surface area contributed by atoms with Gasteiger partial charge in [0.25, 0.3) is 0 Å². The fourth-order valence-corrected chi connectivity index (χ4v) is 3.33. The lowest BCUT2D eigenvalue weighted by molar-refractivity contribution is 0.0729. The molecule has 3 aromatic rings. The van der Waals surface area contributed by atoms with E-state index in [2.05, 4.69) is 57.5 Å². The maximum atomic E-state index is 14.1. The molecule has 1 aliphatic rings. The van der Waals surface area contributed by atoms with E-state index in [4.69, 9.17) is 4.74 Å². The van der Waals surface area contributed by atoms with Gasteiger partial charge in [0.1, 0.15) is 30.4 Å². The van der Waals surface area contributed by atoms with Gasteiger partial charge in [-0.15, -0.1) is 0 Å². The molecule has 0 spiro atoms. The minimum atomic E-state index is -1.12. The highest BCUT2D eigenvalue weighted by atomic mass is 19.1. The molecule has 10 heteroatoms. The van der Waals surface area contributed by atoms with Gasteiger partial charge < -0.3 is 15.4 Å². The average molecular weight is 436 g/mol. The molecule has 166 valence electrons. The second-order valence-corrected chi connectivity index (χ2v) is 8.59. The Morgan fingerprint density at radius 2 is 2.16 bits per heavy atom. The van der Waals surface area contributed by atoms with Gasteiger partial charge >= 0.3 is 0 Å². The first-order valence-corrected chi connectivity index (χ1v) is 10.4. The Morgan fingerprint density at radius 3 is 2.88 bits per heavy atom. The topological polar surface area (TPSA) is 114 Å². The van der Waals surface area contributed by atoms with Gasteiger partial charge in [0.15, 0.2) is 5.82 Å². The normalized spacial score (nSPS) is 18.7.